The standard InChI is InChI=1S/C13H16N4O2/c1-8-4-12(17-14)16-13(15-8)9-5-10(18-2)7-11(6-9)19-3/h4-7H,14H2,1-3H3,(H,15,16,17). The Hall–Kier alpha value is -2.34. The van der Waals surface area contributed by atoms with Crippen LogP contribution in [-0.4, -0.2) is 24.2 Å². The van der Waals surface area contributed by atoms with Gasteiger partial charge >= 0.3 is 0 Å². The summed E-state index contributed by atoms with van der Waals surface area (Å²) >= 11 is 0. The minimum Gasteiger partial charge on any atom is -0.497 e. The second-order valence-electron chi connectivity index (χ2n) is 3.96. The number of rotatable bonds is 4. The van der Waals surface area contributed by atoms with Crippen LogP contribution in [0.3, 0.4) is 0 Å². The third-order valence-corrected chi connectivity index (χ3v) is 2.61. The summed E-state index contributed by atoms with van der Waals surface area (Å²) in [7, 11) is 3.20. The van der Waals surface area contributed by atoms with E-state index in [1.165, 1.54) is 0 Å². The molecule has 0 saturated carbocycles. The molecule has 19 heavy (non-hydrogen) atoms. The van der Waals surface area contributed by atoms with Crippen molar-refractivity contribution in [2.24, 2.45) is 5.84 Å². The first-order chi connectivity index (χ1) is 9.16. The van der Waals surface area contributed by atoms with E-state index in [0.717, 1.165) is 11.3 Å². The summed E-state index contributed by atoms with van der Waals surface area (Å²) in [5, 5.41) is 0. The highest BCUT2D eigenvalue weighted by molar-refractivity contribution is 5.62. The fourth-order valence-electron chi connectivity index (χ4n) is 1.71. The van der Waals surface area contributed by atoms with Crippen LogP contribution in [0.5, 0.6) is 11.5 Å². The van der Waals surface area contributed by atoms with Crippen molar-refractivity contribution in [2.75, 3.05) is 19.6 Å². The molecule has 0 bridgehead atoms. The molecule has 0 spiro atoms. The van der Waals surface area contributed by atoms with Crippen molar-refractivity contribution in [2.45, 2.75) is 6.92 Å². The summed E-state index contributed by atoms with van der Waals surface area (Å²) in [5.41, 5.74) is 4.14. The summed E-state index contributed by atoms with van der Waals surface area (Å²) < 4.78 is 10.5. The van der Waals surface area contributed by atoms with E-state index in [1.807, 2.05) is 19.1 Å². The lowest BCUT2D eigenvalue weighted by Gasteiger charge is -2.09. The number of benzene rings is 1. The normalized spacial score (nSPS) is 10.1. The number of hydrazine groups is 1. The zero-order valence-electron chi connectivity index (χ0n) is 11.1. The summed E-state index contributed by atoms with van der Waals surface area (Å²) in [4.78, 5) is 8.70. The number of aryl methyl sites for hydroxylation is 1. The average Bonchev–Trinajstić information content (AvgIpc) is 2.45. The van der Waals surface area contributed by atoms with Crippen LogP contribution in [0.15, 0.2) is 24.3 Å². The molecule has 3 N–H and O–H groups in total. The molecule has 0 saturated heterocycles. The van der Waals surface area contributed by atoms with Gasteiger partial charge in [0.15, 0.2) is 5.82 Å². The molecule has 1 heterocycles. The molecule has 2 rings (SSSR count). The Labute approximate surface area is 111 Å². The Morgan fingerprint density at radius 2 is 1.63 bits per heavy atom. The lowest BCUT2D eigenvalue weighted by atomic mass is 10.2. The van der Waals surface area contributed by atoms with Crippen LogP contribution in [0, 0.1) is 6.92 Å². The van der Waals surface area contributed by atoms with Gasteiger partial charge in [0.25, 0.3) is 0 Å². The molecule has 0 amide bonds. The third-order valence-electron chi connectivity index (χ3n) is 2.61. The second-order valence-corrected chi connectivity index (χ2v) is 3.96. The third kappa shape index (κ3) is 2.92. The van der Waals surface area contributed by atoms with Gasteiger partial charge in [0, 0.05) is 23.4 Å². The van der Waals surface area contributed by atoms with Gasteiger partial charge in [0.05, 0.1) is 14.2 Å². The molecule has 100 valence electrons. The first-order valence-corrected chi connectivity index (χ1v) is 5.72. The van der Waals surface area contributed by atoms with E-state index in [1.54, 1.807) is 26.4 Å². The minimum absolute atomic E-state index is 0.560. The van der Waals surface area contributed by atoms with Gasteiger partial charge in [-0.05, 0) is 19.1 Å². The van der Waals surface area contributed by atoms with Gasteiger partial charge in [-0.25, -0.2) is 15.8 Å². The number of hydrogen-bond acceptors (Lipinski definition) is 6. The van der Waals surface area contributed by atoms with E-state index in [2.05, 4.69) is 15.4 Å². The molecular formula is C13H16N4O2. The number of nitrogens with zero attached hydrogens (tertiary/aromatic N) is 2. The number of nitrogens with one attached hydrogen (secondary N) is 1. The van der Waals surface area contributed by atoms with Crippen molar-refractivity contribution >= 4 is 5.82 Å². The molecule has 2 aromatic rings. The van der Waals surface area contributed by atoms with Crippen molar-refractivity contribution in [1.29, 1.82) is 0 Å². The van der Waals surface area contributed by atoms with E-state index in [9.17, 15) is 0 Å². The molecule has 0 aliphatic rings. The fraction of sp³-hybridized carbons (Fsp3) is 0.231. The van der Waals surface area contributed by atoms with Gasteiger partial charge in [-0.1, -0.05) is 0 Å². The SMILES string of the molecule is COc1cc(OC)cc(-c2nc(C)cc(NN)n2)c1. The number of aromatic nitrogens is 2. The summed E-state index contributed by atoms with van der Waals surface area (Å²) in [6.45, 7) is 1.88. The Kier molecular flexibility index (Phi) is 3.82. The number of ether oxygens (including phenoxy) is 2. The zero-order valence-corrected chi connectivity index (χ0v) is 11.1. The van der Waals surface area contributed by atoms with Crippen molar-refractivity contribution in [1.82, 2.24) is 9.97 Å². The van der Waals surface area contributed by atoms with Gasteiger partial charge < -0.3 is 14.9 Å². The van der Waals surface area contributed by atoms with Gasteiger partial charge in [0.2, 0.25) is 0 Å². The molecular weight excluding hydrogens is 244 g/mol. The first-order valence-electron chi connectivity index (χ1n) is 5.72. The lowest BCUT2D eigenvalue weighted by Crippen LogP contribution is -2.10. The fourth-order valence-corrected chi connectivity index (χ4v) is 1.71. The van der Waals surface area contributed by atoms with Crippen molar-refractivity contribution in [3.8, 4) is 22.9 Å². The quantitative estimate of drug-likeness (QED) is 0.644. The Balaban J connectivity index is 2.54. The Morgan fingerprint density at radius 1 is 1.00 bits per heavy atom. The smallest absolute Gasteiger partial charge is 0.162 e. The molecule has 6 heteroatoms. The Bertz CT molecular complexity index is 565. The predicted molar refractivity (Wildman–Crippen MR) is 73.1 cm³/mol. The van der Waals surface area contributed by atoms with Crippen LogP contribution in [0.2, 0.25) is 0 Å². The molecule has 0 radical (unpaired) electrons. The largest absolute Gasteiger partial charge is 0.497 e. The maximum Gasteiger partial charge on any atom is 0.162 e. The molecule has 0 unspecified atom stereocenters. The highest BCUT2D eigenvalue weighted by Crippen LogP contribution is 2.28. The maximum absolute atomic E-state index is 5.39. The average molecular weight is 260 g/mol. The van der Waals surface area contributed by atoms with E-state index in [4.69, 9.17) is 15.3 Å². The van der Waals surface area contributed by atoms with Crippen LogP contribution in [-0.2, 0) is 0 Å². The highest BCUT2D eigenvalue weighted by Gasteiger charge is 2.08. The number of methoxy groups -OCH3 is 2. The summed E-state index contributed by atoms with van der Waals surface area (Å²) in [5.74, 6) is 7.87. The van der Waals surface area contributed by atoms with E-state index < -0.39 is 0 Å². The van der Waals surface area contributed by atoms with Gasteiger partial charge in [-0.3, -0.25) is 0 Å². The Morgan fingerprint density at radius 3 is 2.16 bits per heavy atom. The zero-order chi connectivity index (χ0) is 13.8. The lowest BCUT2D eigenvalue weighted by molar-refractivity contribution is 0.394. The highest BCUT2D eigenvalue weighted by atomic mass is 16.5. The van der Waals surface area contributed by atoms with Crippen molar-refractivity contribution in [3.63, 3.8) is 0 Å². The van der Waals surface area contributed by atoms with Gasteiger partial charge in [-0.15, -0.1) is 0 Å². The molecule has 1 aromatic heterocycles. The molecule has 0 aliphatic heterocycles. The molecule has 0 aliphatic carbocycles. The van der Waals surface area contributed by atoms with Crippen LogP contribution < -0.4 is 20.7 Å². The van der Waals surface area contributed by atoms with Crippen LogP contribution in [0.4, 0.5) is 5.82 Å². The second kappa shape index (κ2) is 5.53. The first kappa shape index (κ1) is 13.1. The number of nitrogens with two attached hydrogens (primary N) is 1. The van der Waals surface area contributed by atoms with Gasteiger partial charge in [-0.2, -0.15) is 0 Å². The molecule has 1 aromatic carbocycles. The summed E-state index contributed by atoms with van der Waals surface area (Å²) in [6.07, 6.45) is 0. The van der Waals surface area contributed by atoms with E-state index in [0.29, 0.717) is 23.1 Å². The topological polar surface area (TPSA) is 82.3 Å². The predicted octanol–water partition coefficient (Wildman–Crippen LogP) is 1.75. The minimum atomic E-state index is 0.560. The van der Waals surface area contributed by atoms with Crippen LogP contribution in [0.1, 0.15) is 5.69 Å². The summed E-state index contributed by atoms with van der Waals surface area (Å²) in [6, 6.07) is 7.25. The van der Waals surface area contributed by atoms with Crippen molar-refractivity contribution in [3.05, 3.63) is 30.0 Å². The number of nitrogen functional groups attached to an aromatic ring is 1. The maximum atomic E-state index is 5.39. The molecule has 0 atom stereocenters. The van der Waals surface area contributed by atoms with Crippen molar-refractivity contribution < 1.29 is 9.47 Å². The molecule has 0 fully saturated rings. The van der Waals surface area contributed by atoms with E-state index in [-0.39, 0.29) is 0 Å². The number of hydrogen-bond donors (Lipinski definition) is 2. The molecule has 6 nitrogen and oxygen atoms in total. The van der Waals surface area contributed by atoms with Crippen LogP contribution >= 0.6 is 0 Å². The monoisotopic (exact) mass is 260 g/mol. The van der Waals surface area contributed by atoms with Crippen LogP contribution in [0.25, 0.3) is 11.4 Å². The van der Waals surface area contributed by atoms with E-state index >= 15 is 0 Å². The number of anilines is 1. The van der Waals surface area contributed by atoms with Gasteiger partial charge in [0.1, 0.15) is 17.3 Å².